The molecule has 1 atom stereocenters. The Morgan fingerprint density at radius 1 is 1.00 bits per heavy atom. The third kappa shape index (κ3) is 7.85. The van der Waals surface area contributed by atoms with Gasteiger partial charge >= 0.3 is 0 Å². The molecule has 2 N–H and O–H groups in total. The number of rotatable bonds is 8. The maximum Gasteiger partial charge on any atom is 0.192 e. The molecular weight excluding hydrogens is 537 g/mol. The molecule has 7 heteroatoms. The third-order valence-electron chi connectivity index (χ3n) is 6.46. The first kappa shape index (κ1) is 26.8. The predicted molar refractivity (Wildman–Crippen MR) is 152 cm³/mol. The molecule has 186 valence electrons. The normalized spacial score (nSPS) is 17.8. The molecule has 34 heavy (non-hydrogen) atoms. The van der Waals surface area contributed by atoms with E-state index in [1.165, 1.54) is 48.3 Å². The zero-order valence-electron chi connectivity index (χ0n) is 20.6. The predicted octanol–water partition coefficient (Wildman–Crippen LogP) is 4.55. The van der Waals surface area contributed by atoms with Crippen molar-refractivity contribution in [1.82, 2.24) is 15.5 Å². The van der Waals surface area contributed by atoms with Crippen molar-refractivity contribution in [2.24, 2.45) is 4.99 Å². The van der Waals surface area contributed by atoms with Crippen molar-refractivity contribution in [3.63, 3.8) is 0 Å². The van der Waals surface area contributed by atoms with Gasteiger partial charge in [-0.3, -0.25) is 4.90 Å². The molecule has 6 nitrogen and oxygen atoms in total. The van der Waals surface area contributed by atoms with Crippen LogP contribution in [0.2, 0.25) is 0 Å². The van der Waals surface area contributed by atoms with Crippen LogP contribution in [0.3, 0.4) is 0 Å². The van der Waals surface area contributed by atoms with Gasteiger partial charge < -0.3 is 20.3 Å². The quantitative estimate of drug-likeness (QED) is 0.274. The first-order valence-corrected chi connectivity index (χ1v) is 12.5. The van der Waals surface area contributed by atoms with Gasteiger partial charge in [-0.25, -0.2) is 4.99 Å². The fourth-order valence-corrected chi connectivity index (χ4v) is 4.59. The van der Waals surface area contributed by atoms with Crippen LogP contribution in [0.5, 0.6) is 0 Å². The van der Waals surface area contributed by atoms with Gasteiger partial charge in [0.2, 0.25) is 0 Å². The van der Waals surface area contributed by atoms with E-state index in [0.717, 1.165) is 45.4 Å². The Balaban J connectivity index is 0.00000324. The molecule has 0 amide bonds. The first-order valence-electron chi connectivity index (χ1n) is 12.5. The first-order chi connectivity index (χ1) is 16.2. The van der Waals surface area contributed by atoms with Crippen molar-refractivity contribution in [2.45, 2.75) is 45.8 Å². The number of halogens is 1. The van der Waals surface area contributed by atoms with Crippen LogP contribution in [-0.2, 0) is 17.8 Å². The number of aliphatic imine (C=N–C) groups is 1. The highest BCUT2D eigenvalue weighted by Gasteiger charge is 2.15. The number of hydrogen-bond donors (Lipinski definition) is 2. The Kier molecular flexibility index (Phi) is 10.9. The highest BCUT2D eigenvalue weighted by Crippen LogP contribution is 2.24. The topological polar surface area (TPSA) is 52.1 Å². The smallest absolute Gasteiger partial charge is 0.192 e. The molecule has 4 rings (SSSR count). The summed E-state index contributed by atoms with van der Waals surface area (Å²) >= 11 is 0. The molecule has 2 saturated heterocycles. The zero-order chi connectivity index (χ0) is 22.9. The lowest BCUT2D eigenvalue weighted by atomic mass is 10.1. The summed E-state index contributed by atoms with van der Waals surface area (Å²) in [4.78, 5) is 9.83. The summed E-state index contributed by atoms with van der Waals surface area (Å²) in [5.41, 5.74) is 5.20. The minimum atomic E-state index is 0. The third-order valence-corrected chi connectivity index (χ3v) is 6.46. The second kappa shape index (κ2) is 13.9. The van der Waals surface area contributed by atoms with Crippen molar-refractivity contribution in [3.8, 4) is 0 Å². The summed E-state index contributed by atoms with van der Waals surface area (Å²) in [6.07, 6.45) is 2.59. The molecule has 2 aliphatic rings. The molecule has 0 aliphatic carbocycles. The van der Waals surface area contributed by atoms with E-state index < -0.39 is 0 Å². The van der Waals surface area contributed by atoms with Crippen molar-refractivity contribution in [1.29, 1.82) is 0 Å². The van der Waals surface area contributed by atoms with Crippen LogP contribution in [0.4, 0.5) is 5.69 Å². The van der Waals surface area contributed by atoms with Gasteiger partial charge in [0.05, 0.1) is 25.8 Å². The summed E-state index contributed by atoms with van der Waals surface area (Å²) in [5, 5.41) is 7.01. The summed E-state index contributed by atoms with van der Waals surface area (Å²) in [6, 6.07) is 17.9. The van der Waals surface area contributed by atoms with Crippen LogP contribution < -0.4 is 15.5 Å². The van der Waals surface area contributed by atoms with Gasteiger partial charge in [-0.15, -0.1) is 24.0 Å². The molecule has 0 radical (unpaired) electrons. The summed E-state index contributed by atoms with van der Waals surface area (Å²) < 4.78 is 5.47. The average Bonchev–Trinajstić information content (AvgIpc) is 3.39. The van der Waals surface area contributed by atoms with Gasteiger partial charge in [-0.1, -0.05) is 36.4 Å². The number of benzene rings is 2. The summed E-state index contributed by atoms with van der Waals surface area (Å²) in [6.45, 7) is 12.8. The Bertz CT molecular complexity index is 909. The Hall–Kier alpha value is -1.84. The number of nitrogens with zero attached hydrogens (tertiary/aromatic N) is 3. The van der Waals surface area contributed by atoms with E-state index in [1.54, 1.807) is 0 Å². The molecular formula is C27H40IN5O. The van der Waals surface area contributed by atoms with Crippen molar-refractivity contribution in [3.05, 3.63) is 65.2 Å². The van der Waals surface area contributed by atoms with Gasteiger partial charge in [0.25, 0.3) is 0 Å². The van der Waals surface area contributed by atoms with Crippen molar-refractivity contribution < 1.29 is 4.74 Å². The minimum Gasteiger partial charge on any atom is -0.379 e. The van der Waals surface area contributed by atoms with Crippen molar-refractivity contribution >= 4 is 35.6 Å². The lowest BCUT2D eigenvalue weighted by molar-refractivity contribution is 0.0342. The lowest BCUT2D eigenvalue weighted by Crippen LogP contribution is -2.38. The van der Waals surface area contributed by atoms with Gasteiger partial charge in [0, 0.05) is 45.0 Å². The maximum atomic E-state index is 5.47. The second-order valence-corrected chi connectivity index (χ2v) is 9.06. The van der Waals surface area contributed by atoms with E-state index in [1.807, 2.05) is 0 Å². The monoisotopic (exact) mass is 577 g/mol. The average molecular weight is 578 g/mol. The maximum absolute atomic E-state index is 5.47. The molecule has 2 aromatic rings. The van der Waals surface area contributed by atoms with Gasteiger partial charge in [-0.2, -0.15) is 0 Å². The van der Waals surface area contributed by atoms with Gasteiger partial charge in [0.1, 0.15) is 0 Å². The molecule has 0 aromatic heterocycles. The lowest BCUT2D eigenvalue weighted by Gasteiger charge is -2.26. The van der Waals surface area contributed by atoms with Crippen molar-refractivity contribution in [2.75, 3.05) is 50.8 Å². The SMILES string of the molecule is CCNC(=NCc1cccc(CN2CCOCC2)c1)NC(C)c1cccc(N2CCCC2)c1.I. The van der Waals surface area contributed by atoms with Crippen LogP contribution in [-0.4, -0.2) is 56.8 Å². The van der Waals surface area contributed by atoms with E-state index in [0.29, 0.717) is 6.54 Å². The highest BCUT2D eigenvalue weighted by molar-refractivity contribution is 14.0. The van der Waals surface area contributed by atoms with Gasteiger partial charge in [0.15, 0.2) is 5.96 Å². The summed E-state index contributed by atoms with van der Waals surface area (Å²) in [5.74, 6) is 0.857. The number of hydrogen-bond acceptors (Lipinski definition) is 4. The van der Waals surface area contributed by atoms with E-state index in [4.69, 9.17) is 9.73 Å². The highest BCUT2D eigenvalue weighted by atomic mass is 127. The number of guanidine groups is 1. The van der Waals surface area contributed by atoms with E-state index in [2.05, 4.69) is 82.8 Å². The van der Waals surface area contributed by atoms with E-state index in [9.17, 15) is 0 Å². The number of anilines is 1. The molecule has 0 bridgehead atoms. The second-order valence-electron chi connectivity index (χ2n) is 9.06. The van der Waals surface area contributed by atoms with Gasteiger partial charge in [-0.05, 0) is 55.5 Å². The summed E-state index contributed by atoms with van der Waals surface area (Å²) in [7, 11) is 0. The molecule has 2 aliphatic heterocycles. The molecule has 1 unspecified atom stereocenters. The molecule has 2 heterocycles. The van der Waals surface area contributed by atoms with E-state index in [-0.39, 0.29) is 30.0 Å². The number of morpholine rings is 1. The Morgan fingerprint density at radius 2 is 1.74 bits per heavy atom. The molecule has 0 spiro atoms. The molecule has 0 saturated carbocycles. The zero-order valence-corrected chi connectivity index (χ0v) is 23.0. The van der Waals surface area contributed by atoms with Crippen LogP contribution in [0.15, 0.2) is 53.5 Å². The van der Waals surface area contributed by atoms with Crippen LogP contribution in [0, 0.1) is 0 Å². The fraction of sp³-hybridized carbons (Fsp3) is 0.519. The molecule has 2 aromatic carbocycles. The standard InChI is InChI=1S/C27H39N5O.HI/c1-3-28-27(30-22(2)25-10-7-11-26(19-25)32-12-4-5-13-32)29-20-23-8-6-9-24(18-23)21-31-14-16-33-17-15-31;/h6-11,18-19,22H,3-5,12-17,20-21H2,1-2H3,(H2,28,29,30);1H. The Labute approximate surface area is 222 Å². The minimum absolute atomic E-state index is 0. The largest absolute Gasteiger partial charge is 0.379 e. The number of nitrogens with one attached hydrogen (secondary N) is 2. The molecule has 2 fully saturated rings. The van der Waals surface area contributed by atoms with Crippen LogP contribution in [0.25, 0.3) is 0 Å². The Morgan fingerprint density at radius 3 is 2.50 bits per heavy atom. The van der Waals surface area contributed by atoms with Crippen LogP contribution in [0.1, 0.15) is 49.4 Å². The van der Waals surface area contributed by atoms with Crippen LogP contribution >= 0.6 is 24.0 Å². The number of ether oxygens (including phenoxy) is 1. The van der Waals surface area contributed by atoms with E-state index >= 15 is 0 Å². The fourth-order valence-electron chi connectivity index (χ4n) is 4.59.